The first kappa shape index (κ1) is 12.2. The number of hydrogen-bond acceptors (Lipinski definition) is 4. The Kier molecular flexibility index (Phi) is 3.36. The minimum atomic E-state index is -0.466. The molecule has 1 aromatic carbocycles. The molecule has 5 heteroatoms. The average molecular weight is 302 g/mol. The molecule has 1 aliphatic rings. The average Bonchev–Trinajstić information content (AvgIpc) is 2.38. The van der Waals surface area contributed by atoms with Crippen molar-refractivity contribution in [3.63, 3.8) is 0 Å². The number of nitrogens with zero attached hydrogens (tertiary/aromatic N) is 2. The van der Waals surface area contributed by atoms with Crippen molar-refractivity contribution < 1.29 is 4.74 Å². The molecule has 2 rings (SSSR count). The zero-order valence-corrected chi connectivity index (χ0v) is 10.8. The first-order valence-electron chi connectivity index (χ1n) is 5.09. The van der Waals surface area contributed by atoms with Crippen molar-refractivity contribution in [1.82, 2.24) is 0 Å². The number of halogens is 1. The van der Waals surface area contributed by atoms with Gasteiger partial charge in [0.2, 0.25) is 5.88 Å². The second-order valence-electron chi connectivity index (χ2n) is 3.68. The van der Waals surface area contributed by atoms with Crippen LogP contribution in [0.25, 0.3) is 0 Å². The van der Waals surface area contributed by atoms with Gasteiger partial charge >= 0.3 is 0 Å². The third kappa shape index (κ3) is 2.09. The summed E-state index contributed by atoms with van der Waals surface area (Å²) in [5.41, 5.74) is 7.08. The van der Waals surface area contributed by atoms with Gasteiger partial charge in [0.15, 0.2) is 0 Å². The maximum absolute atomic E-state index is 9.16. The standard InChI is InChI=1S/C13H8BrN3O/c14-10-3-1-2-8(4-10)12-9(5-15)7-18-13(17)11(12)6-16/h1-4,7,12H,17H2. The first-order valence-corrected chi connectivity index (χ1v) is 5.88. The van der Waals surface area contributed by atoms with Crippen molar-refractivity contribution in [3.05, 3.63) is 57.6 Å². The summed E-state index contributed by atoms with van der Waals surface area (Å²) < 4.78 is 5.88. The van der Waals surface area contributed by atoms with Gasteiger partial charge in [-0.25, -0.2) is 0 Å². The summed E-state index contributed by atoms with van der Waals surface area (Å²) in [6.45, 7) is 0. The highest BCUT2D eigenvalue weighted by Gasteiger charge is 2.28. The number of hydrogen-bond donors (Lipinski definition) is 1. The van der Waals surface area contributed by atoms with Gasteiger partial charge in [0.25, 0.3) is 0 Å². The van der Waals surface area contributed by atoms with Crippen LogP contribution in [0.4, 0.5) is 0 Å². The highest BCUT2D eigenvalue weighted by molar-refractivity contribution is 9.10. The molecular weight excluding hydrogens is 294 g/mol. The fraction of sp³-hybridized carbons (Fsp3) is 0.0769. The monoisotopic (exact) mass is 301 g/mol. The minimum Gasteiger partial charge on any atom is -0.447 e. The van der Waals surface area contributed by atoms with Gasteiger partial charge < -0.3 is 10.5 Å². The summed E-state index contributed by atoms with van der Waals surface area (Å²) in [7, 11) is 0. The molecule has 0 saturated carbocycles. The van der Waals surface area contributed by atoms with E-state index in [2.05, 4.69) is 15.9 Å². The van der Waals surface area contributed by atoms with E-state index in [1.165, 1.54) is 6.26 Å². The molecule has 0 spiro atoms. The highest BCUT2D eigenvalue weighted by atomic mass is 79.9. The van der Waals surface area contributed by atoms with Crippen LogP contribution in [-0.4, -0.2) is 0 Å². The van der Waals surface area contributed by atoms with Crippen LogP contribution < -0.4 is 5.73 Å². The summed E-state index contributed by atoms with van der Waals surface area (Å²) in [5.74, 6) is -0.423. The topological polar surface area (TPSA) is 82.8 Å². The van der Waals surface area contributed by atoms with E-state index >= 15 is 0 Å². The van der Waals surface area contributed by atoms with Gasteiger partial charge in [-0.05, 0) is 17.7 Å². The van der Waals surface area contributed by atoms with Gasteiger partial charge in [0.05, 0.1) is 17.6 Å². The number of ether oxygens (including phenoxy) is 1. The third-order valence-electron chi connectivity index (χ3n) is 2.61. The summed E-state index contributed by atoms with van der Waals surface area (Å²) in [6.07, 6.45) is 1.29. The number of rotatable bonds is 1. The molecule has 0 amide bonds. The Morgan fingerprint density at radius 2 is 2.06 bits per heavy atom. The highest BCUT2D eigenvalue weighted by Crippen LogP contribution is 2.36. The summed E-state index contributed by atoms with van der Waals surface area (Å²) in [6, 6.07) is 11.5. The van der Waals surface area contributed by atoms with E-state index in [9.17, 15) is 0 Å². The molecule has 0 aromatic heterocycles. The molecule has 88 valence electrons. The molecule has 0 fully saturated rings. The Hall–Kier alpha value is -2.24. The van der Waals surface area contributed by atoms with Gasteiger partial charge in [-0.3, -0.25) is 0 Å². The molecule has 1 aromatic rings. The predicted octanol–water partition coefficient (Wildman–Crippen LogP) is 2.66. The van der Waals surface area contributed by atoms with Crippen LogP contribution in [0.15, 0.2) is 52.0 Å². The molecule has 1 heterocycles. The second-order valence-corrected chi connectivity index (χ2v) is 4.60. The first-order chi connectivity index (χ1) is 8.67. The van der Waals surface area contributed by atoms with E-state index in [-0.39, 0.29) is 11.5 Å². The summed E-state index contributed by atoms with van der Waals surface area (Å²) >= 11 is 3.36. The van der Waals surface area contributed by atoms with Crippen molar-refractivity contribution in [2.45, 2.75) is 5.92 Å². The zero-order chi connectivity index (χ0) is 13.1. The van der Waals surface area contributed by atoms with E-state index in [0.29, 0.717) is 5.57 Å². The van der Waals surface area contributed by atoms with Gasteiger partial charge in [-0.1, -0.05) is 28.1 Å². The Balaban J connectivity index is 2.57. The molecule has 0 aliphatic carbocycles. The third-order valence-corrected chi connectivity index (χ3v) is 3.10. The maximum atomic E-state index is 9.16. The van der Waals surface area contributed by atoms with Crippen LogP contribution in [0.3, 0.4) is 0 Å². The zero-order valence-electron chi connectivity index (χ0n) is 9.22. The largest absolute Gasteiger partial charge is 0.447 e. The summed E-state index contributed by atoms with van der Waals surface area (Å²) in [5, 5.41) is 18.3. The van der Waals surface area contributed by atoms with E-state index in [1.54, 1.807) is 0 Å². The molecule has 0 saturated heterocycles. The Labute approximate surface area is 113 Å². The van der Waals surface area contributed by atoms with Gasteiger partial charge in [-0.2, -0.15) is 10.5 Å². The van der Waals surface area contributed by atoms with Crippen molar-refractivity contribution in [3.8, 4) is 12.1 Å². The van der Waals surface area contributed by atoms with Crippen molar-refractivity contribution >= 4 is 15.9 Å². The lowest BCUT2D eigenvalue weighted by molar-refractivity contribution is 0.326. The van der Waals surface area contributed by atoms with Crippen LogP contribution in [0.5, 0.6) is 0 Å². The fourth-order valence-electron chi connectivity index (χ4n) is 1.80. The Morgan fingerprint density at radius 1 is 1.28 bits per heavy atom. The number of nitriles is 2. The normalized spacial score (nSPS) is 18.4. The quantitative estimate of drug-likeness (QED) is 0.864. The lowest BCUT2D eigenvalue weighted by Gasteiger charge is -2.21. The number of allylic oxidation sites excluding steroid dienone is 2. The van der Waals surface area contributed by atoms with E-state index in [0.717, 1.165) is 10.0 Å². The van der Waals surface area contributed by atoms with Crippen LogP contribution in [0, 0.1) is 22.7 Å². The SMILES string of the molecule is N#CC1=COC(N)=C(C#N)C1c1cccc(Br)c1. The van der Waals surface area contributed by atoms with E-state index < -0.39 is 5.92 Å². The Bertz CT molecular complexity index is 634. The molecule has 1 unspecified atom stereocenters. The maximum Gasteiger partial charge on any atom is 0.204 e. The van der Waals surface area contributed by atoms with E-state index in [1.807, 2.05) is 36.4 Å². The van der Waals surface area contributed by atoms with Crippen LogP contribution >= 0.6 is 15.9 Å². The minimum absolute atomic E-state index is 0.0430. The molecule has 4 nitrogen and oxygen atoms in total. The number of nitrogens with two attached hydrogens (primary N) is 1. The molecule has 2 N–H and O–H groups in total. The number of benzene rings is 1. The van der Waals surface area contributed by atoms with Gasteiger partial charge in [-0.15, -0.1) is 0 Å². The molecule has 1 atom stereocenters. The predicted molar refractivity (Wildman–Crippen MR) is 68.5 cm³/mol. The lowest BCUT2D eigenvalue weighted by Crippen LogP contribution is -2.16. The molecule has 18 heavy (non-hydrogen) atoms. The van der Waals surface area contributed by atoms with Crippen molar-refractivity contribution in [2.75, 3.05) is 0 Å². The van der Waals surface area contributed by atoms with Gasteiger partial charge in [0.1, 0.15) is 17.9 Å². The molecule has 0 bridgehead atoms. The van der Waals surface area contributed by atoms with Crippen LogP contribution in [0.1, 0.15) is 11.5 Å². The molecule has 1 aliphatic heterocycles. The van der Waals surface area contributed by atoms with Crippen LogP contribution in [-0.2, 0) is 4.74 Å². The van der Waals surface area contributed by atoms with Crippen LogP contribution in [0.2, 0.25) is 0 Å². The molecule has 0 radical (unpaired) electrons. The van der Waals surface area contributed by atoms with E-state index in [4.69, 9.17) is 21.0 Å². The van der Waals surface area contributed by atoms with Gasteiger partial charge in [0, 0.05) is 4.47 Å². The lowest BCUT2D eigenvalue weighted by atomic mass is 9.85. The summed E-state index contributed by atoms with van der Waals surface area (Å²) in [4.78, 5) is 0. The molecular formula is C13H8BrN3O. The Morgan fingerprint density at radius 3 is 2.67 bits per heavy atom. The van der Waals surface area contributed by atoms with Crippen molar-refractivity contribution in [2.24, 2.45) is 5.73 Å². The fourth-order valence-corrected chi connectivity index (χ4v) is 2.22. The second kappa shape index (κ2) is 4.95. The van der Waals surface area contributed by atoms with Crippen molar-refractivity contribution in [1.29, 1.82) is 10.5 Å². The smallest absolute Gasteiger partial charge is 0.204 e.